The van der Waals surface area contributed by atoms with Gasteiger partial charge in [0.2, 0.25) is 0 Å². The fourth-order valence-corrected chi connectivity index (χ4v) is 3.03. The molecule has 0 bridgehead atoms. The highest BCUT2D eigenvalue weighted by atomic mass is 35.5. The Kier molecular flexibility index (Phi) is 6.31. The molecule has 0 aromatic heterocycles. The first-order valence-corrected chi connectivity index (χ1v) is 8.68. The first-order valence-electron chi connectivity index (χ1n) is 8.30. The lowest BCUT2D eigenvalue weighted by Crippen LogP contribution is -2.40. The molecule has 1 aromatic carbocycles. The number of halogens is 1. The minimum atomic E-state index is -0.438. The zero-order valence-corrected chi connectivity index (χ0v) is 15.0. The van der Waals surface area contributed by atoms with Gasteiger partial charge in [-0.3, -0.25) is 0 Å². The predicted molar refractivity (Wildman–Crippen MR) is 93.7 cm³/mol. The maximum Gasteiger partial charge on any atom is 0.410 e. The van der Waals surface area contributed by atoms with E-state index >= 15 is 0 Å². The Morgan fingerprint density at radius 1 is 1.39 bits per heavy atom. The summed E-state index contributed by atoms with van der Waals surface area (Å²) in [6.45, 7) is 8.11. The summed E-state index contributed by atoms with van der Waals surface area (Å²) in [6.07, 6.45) is 2.84. The number of rotatable bonds is 5. The van der Waals surface area contributed by atoms with Crippen LogP contribution in [-0.4, -0.2) is 35.7 Å². The molecule has 2 rings (SSSR count). The third kappa shape index (κ3) is 5.70. The molecule has 1 heterocycles. The summed E-state index contributed by atoms with van der Waals surface area (Å²) >= 11 is 6.15. The van der Waals surface area contributed by atoms with Crippen LogP contribution in [0.4, 0.5) is 4.79 Å². The molecule has 4 nitrogen and oxygen atoms in total. The molecule has 0 aliphatic carbocycles. The zero-order valence-electron chi connectivity index (χ0n) is 14.3. The fourth-order valence-electron chi connectivity index (χ4n) is 2.83. The summed E-state index contributed by atoms with van der Waals surface area (Å²) < 4.78 is 5.49. The van der Waals surface area contributed by atoms with Crippen LogP contribution in [0.3, 0.4) is 0 Å². The monoisotopic (exact) mass is 338 g/mol. The topological polar surface area (TPSA) is 41.6 Å². The highest BCUT2D eigenvalue weighted by Crippen LogP contribution is 2.23. The molecule has 1 aliphatic rings. The molecular weight excluding hydrogens is 312 g/mol. The summed E-state index contributed by atoms with van der Waals surface area (Å²) in [7, 11) is 0. The summed E-state index contributed by atoms with van der Waals surface area (Å²) in [4.78, 5) is 14.1. The van der Waals surface area contributed by atoms with E-state index in [-0.39, 0.29) is 12.1 Å². The zero-order chi connectivity index (χ0) is 16.9. The van der Waals surface area contributed by atoms with Crippen LogP contribution in [0.15, 0.2) is 24.3 Å². The predicted octanol–water partition coefficient (Wildman–Crippen LogP) is 4.22. The summed E-state index contributed by atoms with van der Waals surface area (Å²) in [5, 5.41) is 4.20. The van der Waals surface area contributed by atoms with E-state index in [1.807, 2.05) is 49.9 Å². The van der Waals surface area contributed by atoms with E-state index in [1.54, 1.807) is 0 Å². The Morgan fingerprint density at radius 3 is 2.83 bits per heavy atom. The van der Waals surface area contributed by atoms with E-state index in [4.69, 9.17) is 16.3 Å². The van der Waals surface area contributed by atoms with Crippen molar-refractivity contribution in [3.05, 3.63) is 34.9 Å². The van der Waals surface area contributed by atoms with Gasteiger partial charge in [-0.05, 0) is 58.2 Å². The molecule has 1 aliphatic heterocycles. The van der Waals surface area contributed by atoms with E-state index in [1.165, 1.54) is 0 Å². The molecule has 0 saturated carbocycles. The summed E-state index contributed by atoms with van der Waals surface area (Å²) in [5.41, 5.74) is 0.664. The van der Waals surface area contributed by atoms with Crippen LogP contribution < -0.4 is 5.32 Å². The number of amides is 1. The Labute approximate surface area is 144 Å². The Hall–Kier alpha value is -1.26. The van der Waals surface area contributed by atoms with E-state index in [9.17, 15) is 4.79 Å². The Bertz CT molecular complexity index is 528. The molecule has 0 radical (unpaired) electrons. The average molecular weight is 339 g/mol. The third-order valence-electron chi connectivity index (χ3n) is 3.93. The van der Waals surface area contributed by atoms with Crippen molar-refractivity contribution in [3.8, 4) is 0 Å². The van der Waals surface area contributed by atoms with Gasteiger partial charge >= 0.3 is 6.09 Å². The van der Waals surface area contributed by atoms with Gasteiger partial charge in [0.25, 0.3) is 0 Å². The third-order valence-corrected chi connectivity index (χ3v) is 4.30. The number of carbonyl (C=O) groups is 1. The van der Waals surface area contributed by atoms with Crippen molar-refractivity contribution in [2.24, 2.45) is 0 Å². The number of benzene rings is 1. The quantitative estimate of drug-likeness (QED) is 0.817. The number of likely N-dealkylation sites (tertiary alicyclic amines) is 1. The van der Waals surface area contributed by atoms with Gasteiger partial charge in [-0.15, -0.1) is 0 Å². The molecule has 128 valence electrons. The number of carbonyl (C=O) groups excluding carboxylic acids is 1. The van der Waals surface area contributed by atoms with Crippen LogP contribution in [0.5, 0.6) is 0 Å². The van der Waals surface area contributed by atoms with E-state index in [0.29, 0.717) is 0 Å². The van der Waals surface area contributed by atoms with Crippen molar-refractivity contribution in [3.63, 3.8) is 0 Å². The lowest BCUT2D eigenvalue weighted by atomic mass is 10.1. The molecule has 23 heavy (non-hydrogen) atoms. The fraction of sp³-hybridized carbons (Fsp3) is 0.611. The number of hydrogen-bond donors (Lipinski definition) is 1. The SMILES string of the molecule is CC(C)(C)OC(=O)N1CCCC1CCNCc1ccccc1Cl. The molecule has 1 N–H and O–H groups in total. The number of nitrogens with zero attached hydrogens (tertiary/aromatic N) is 1. The molecule has 0 spiro atoms. The van der Waals surface area contributed by atoms with Gasteiger partial charge in [0.05, 0.1) is 0 Å². The van der Waals surface area contributed by atoms with Gasteiger partial charge in [0.1, 0.15) is 5.60 Å². The first-order chi connectivity index (χ1) is 10.9. The van der Waals surface area contributed by atoms with Crippen molar-refractivity contribution >= 4 is 17.7 Å². The maximum absolute atomic E-state index is 12.2. The molecule has 1 unspecified atom stereocenters. The summed E-state index contributed by atoms with van der Waals surface area (Å²) in [5.74, 6) is 0. The molecule has 1 amide bonds. The first kappa shape index (κ1) is 18.1. The van der Waals surface area contributed by atoms with Gasteiger partial charge in [-0.2, -0.15) is 0 Å². The highest BCUT2D eigenvalue weighted by molar-refractivity contribution is 6.31. The number of nitrogens with one attached hydrogen (secondary N) is 1. The van der Waals surface area contributed by atoms with Crippen LogP contribution in [-0.2, 0) is 11.3 Å². The largest absolute Gasteiger partial charge is 0.444 e. The minimum absolute atomic E-state index is 0.189. The van der Waals surface area contributed by atoms with Crippen LogP contribution in [0.1, 0.15) is 45.6 Å². The van der Waals surface area contributed by atoms with Gasteiger partial charge in [-0.25, -0.2) is 4.79 Å². The molecule has 1 saturated heterocycles. The second-order valence-corrected chi connectivity index (χ2v) is 7.43. The van der Waals surface area contributed by atoms with E-state index in [2.05, 4.69) is 5.32 Å². The molecule has 1 fully saturated rings. The second kappa shape index (κ2) is 8.02. The van der Waals surface area contributed by atoms with E-state index in [0.717, 1.165) is 49.5 Å². The molecule has 1 atom stereocenters. The second-order valence-electron chi connectivity index (χ2n) is 7.03. The number of hydrogen-bond acceptors (Lipinski definition) is 3. The highest BCUT2D eigenvalue weighted by Gasteiger charge is 2.31. The molecule has 1 aromatic rings. The summed E-state index contributed by atoms with van der Waals surface area (Å²) in [6, 6.07) is 8.12. The maximum atomic E-state index is 12.2. The van der Waals surface area contributed by atoms with Gasteiger partial charge in [0.15, 0.2) is 0 Å². The standard InChI is InChI=1S/C18H27ClN2O2/c1-18(2,3)23-17(22)21-12-6-8-15(21)10-11-20-13-14-7-4-5-9-16(14)19/h4-5,7,9,15,20H,6,8,10-13H2,1-3H3. The van der Waals surface area contributed by atoms with Gasteiger partial charge in [0, 0.05) is 24.2 Å². The van der Waals surface area contributed by atoms with Crippen molar-refractivity contribution in [1.82, 2.24) is 10.2 Å². The van der Waals surface area contributed by atoms with Gasteiger partial charge in [-0.1, -0.05) is 29.8 Å². The van der Waals surface area contributed by atoms with Crippen molar-refractivity contribution < 1.29 is 9.53 Å². The van der Waals surface area contributed by atoms with Crippen LogP contribution in [0, 0.1) is 0 Å². The smallest absolute Gasteiger partial charge is 0.410 e. The number of ether oxygens (including phenoxy) is 1. The normalized spacial score (nSPS) is 18.3. The Balaban J connectivity index is 1.76. The van der Waals surface area contributed by atoms with Gasteiger partial charge < -0.3 is 15.0 Å². The van der Waals surface area contributed by atoms with Crippen LogP contribution in [0.2, 0.25) is 5.02 Å². The minimum Gasteiger partial charge on any atom is -0.444 e. The molecule has 5 heteroatoms. The van der Waals surface area contributed by atoms with Crippen molar-refractivity contribution in [2.45, 2.75) is 58.2 Å². The van der Waals surface area contributed by atoms with Crippen LogP contribution >= 0.6 is 11.6 Å². The Morgan fingerprint density at radius 2 is 2.13 bits per heavy atom. The van der Waals surface area contributed by atoms with E-state index < -0.39 is 5.60 Å². The van der Waals surface area contributed by atoms with Crippen molar-refractivity contribution in [1.29, 1.82) is 0 Å². The van der Waals surface area contributed by atoms with Crippen molar-refractivity contribution in [2.75, 3.05) is 13.1 Å². The molecular formula is C18H27ClN2O2. The lowest BCUT2D eigenvalue weighted by molar-refractivity contribution is 0.0221. The average Bonchev–Trinajstić information content (AvgIpc) is 2.92. The van der Waals surface area contributed by atoms with Crippen LogP contribution in [0.25, 0.3) is 0 Å². The lowest BCUT2D eigenvalue weighted by Gasteiger charge is -2.28.